The highest BCUT2D eigenvalue weighted by molar-refractivity contribution is 6.28. The molecule has 0 radical (unpaired) electrons. The quantitative estimate of drug-likeness (QED) is 0.354. The summed E-state index contributed by atoms with van der Waals surface area (Å²) in [7, 11) is 1.44. The Kier molecular flexibility index (Phi) is 5.10. The molecule has 8 nitrogen and oxygen atoms in total. The van der Waals surface area contributed by atoms with E-state index in [0.29, 0.717) is 25.5 Å². The highest BCUT2D eigenvalue weighted by atomic mass is 35.5. The lowest BCUT2D eigenvalue weighted by Gasteiger charge is -2.04. The van der Waals surface area contributed by atoms with Gasteiger partial charge in [-0.1, -0.05) is 5.11 Å². The van der Waals surface area contributed by atoms with Crippen LogP contribution in [0.15, 0.2) is 5.11 Å². The van der Waals surface area contributed by atoms with E-state index in [2.05, 4.69) is 30.3 Å². The molecule has 0 fully saturated rings. The topological polar surface area (TPSA) is 109 Å². The van der Waals surface area contributed by atoms with Gasteiger partial charge in [-0.15, -0.1) is 0 Å². The van der Waals surface area contributed by atoms with Gasteiger partial charge in [-0.05, 0) is 23.6 Å². The second kappa shape index (κ2) is 6.65. The Morgan fingerprint density at radius 2 is 2.31 bits per heavy atom. The average molecular weight is 244 g/mol. The van der Waals surface area contributed by atoms with E-state index in [1.165, 1.54) is 7.11 Å². The third-order valence-electron chi connectivity index (χ3n) is 1.55. The zero-order valence-electron chi connectivity index (χ0n) is 8.59. The zero-order valence-corrected chi connectivity index (χ0v) is 9.35. The molecule has 0 aliphatic heterocycles. The first kappa shape index (κ1) is 12.3. The van der Waals surface area contributed by atoms with Gasteiger partial charge < -0.3 is 10.1 Å². The lowest BCUT2D eigenvalue weighted by Crippen LogP contribution is -2.08. The maximum Gasteiger partial charge on any atom is 0.322 e. The van der Waals surface area contributed by atoms with Crippen LogP contribution in [-0.2, 0) is 0 Å². The van der Waals surface area contributed by atoms with Crippen LogP contribution in [0.25, 0.3) is 10.4 Å². The average Bonchev–Trinajstić information content (AvgIpc) is 2.28. The van der Waals surface area contributed by atoms with Crippen molar-refractivity contribution in [1.82, 2.24) is 15.0 Å². The van der Waals surface area contributed by atoms with E-state index in [9.17, 15) is 0 Å². The summed E-state index contributed by atoms with van der Waals surface area (Å²) in [6, 6.07) is 0.151. The fourth-order valence-electron chi connectivity index (χ4n) is 0.897. The van der Waals surface area contributed by atoms with Crippen molar-refractivity contribution < 1.29 is 4.74 Å². The predicted octanol–water partition coefficient (Wildman–Crippen LogP) is 1.65. The molecule has 1 aromatic rings. The molecule has 0 aromatic carbocycles. The molecule has 9 heteroatoms. The van der Waals surface area contributed by atoms with Crippen LogP contribution < -0.4 is 10.1 Å². The maximum absolute atomic E-state index is 8.06. The Hall–Kier alpha value is -1.79. The normalized spacial score (nSPS) is 9.38. The van der Waals surface area contributed by atoms with E-state index < -0.39 is 0 Å². The minimum absolute atomic E-state index is 0.0596. The van der Waals surface area contributed by atoms with E-state index in [-0.39, 0.29) is 11.3 Å². The largest absolute Gasteiger partial charge is 0.467 e. The number of nitrogens with one attached hydrogen (secondary N) is 1. The molecule has 0 aliphatic carbocycles. The minimum Gasteiger partial charge on any atom is -0.467 e. The van der Waals surface area contributed by atoms with Crippen molar-refractivity contribution in [1.29, 1.82) is 0 Å². The summed E-state index contributed by atoms with van der Waals surface area (Å²) in [6.45, 7) is 0.988. The molecule has 1 rings (SSSR count). The smallest absolute Gasteiger partial charge is 0.322 e. The lowest BCUT2D eigenvalue weighted by atomic mass is 10.4. The molecule has 1 heterocycles. The molecule has 0 saturated heterocycles. The number of nitrogens with zero attached hydrogens (tertiary/aromatic N) is 6. The Morgan fingerprint density at radius 3 is 3.00 bits per heavy atom. The van der Waals surface area contributed by atoms with E-state index in [4.69, 9.17) is 21.9 Å². The van der Waals surface area contributed by atoms with Crippen molar-refractivity contribution in [3.63, 3.8) is 0 Å². The number of hydrogen-bond donors (Lipinski definition) is 1. The first-order chi connectivity index (χ1) is 7.76. The van der Waals surface area contributed by atoms with Crippen LogP contribution in [-0.4, -0.2) is 35.2 Å². The summed E-state index contributed by atoms with van der Waals surface area (Å²) in [4.78, 5) is 14.1. The number of rotatable bonds is 6. The number of azide groups is 1. The predicted molar refractivity (Wildman–Crippen MR) is 58.5 cm³/mol. The second-order valence-electron chi connectivity index (χ2n) is 2.65. The number of hydrogen-bond acceptors (Lipinski definition) is 6. The Bertz CT molecular complexity index is 392. The summed E-state index contributed by atoms with van der Waals surface area (Å²) in [5.41, 5.74) is 8.06. The molecule has 0 aliphatic rings. The van der Waals surface area contributed by atoms with Crippen LogP contribution in [0, 0.1) is 0 Å². The van der Waals surface area contributed by atoms with Crippen LogP contribution in [0.1, 0.15) is 6.42 Å². The Labute approximate surface area is 96.7 Å². The molecule has 16 heavy (non-hydrogen) atoms. The highest BCUT2D eigenvalue weighted by Crippen LogP contribution is 2.10. The zero-order chi connectivity index (χ0) is 11.8. The summed E-state index contributed by atoms with van der Waals surface area (Å²) in [6.07, 6.45) is 0.676. The lowest BCUT2D eigenvalue weighted by molar-refractivity contribution is 0.379. The van der Waals surface area contributed by atoms with Crippen LogP contribution in [0.3, 0.4) is 0 Å². The SMILES string of the molecule is COc1nc(Cl)nc(NCCCN=[N+]=[N-])n1. The van der Waals surface area contributed by atoms with Gasteiger partial charge in [0.15, 0.2) is 0 Å². The molecule has 0 spiro atoms. The van der Waals surface area contributed by atoms with E-state index in [0.717, 1.165) is 0 Å². The molecule has 0 bridgehead atoms. The summed E-state index contributed by atoms with van der Waals surface area (Å²) < 4.78 is 4.83. The van der Waals surface area contributed by atoms with Gasteiger partial charge in [0.2, 0.25) is 11.2 Å². The summed E-state index contributed by atoms with van der Waals surface area (Å²) in [5, 5.41) is 6.36. The van der Waals surface area contributed by atoms with Gasteiger partial charge in [0.1, 0.15) is 0 Å². The molecule has 0 unspecified atom stereocenters. The molecule has 86 valence electrons. The van der Waals surface area contributed by atoms with Crippen molar-refractivity contribution in [2.75, 3.05) is 25.5 Å². The second-order valence-corrected chi connectivity index (χ2v) is 2.99. The van der Waals surface area contributed by atoms with Crippen LogP contribution >= 0.6 is 11.6 Å². The van der Waals surface area contributed by atoms with Gasteiger partial charge in [-0.2, -0.15) is 15.0 Å². The first-order valence-electron chi connectivity index (χ1n) is 4.46. The van der Waals surface area contributed by atoms with Gasteiger partial charge in [0, 0.05) is 18.0 Å². The molecule has 1 aromatic heterocycles. The van der Waals surface area contributed by atoms with Crippen molar-refractivity contribution in [3.8, 4) is 6.01 Å². The summed E-state index contributed by atoms with van der Waals surface area (Å²) >= 11 is 5.64. The van der Waals surface area contributed by atoms with Crippen molar-refractivity contribution >= 4 is 17.5 Å². The number of anilines is 1. The molecule has 0 saturated carbocycles. The number of aromatic nitrogens is 3. The molecule has 1 N–H and O–H groups in total. The Balaban J connectivity index is 2.46. The standard InChI is InChI=1S/C7H10ClN7O/c1-16-7-13-5(8)12-6(14-7)10-3-2-4-11-15-9/h2-4H2,1H3,(H,10,12,13,14). The van der Waals surface area contributed by atoms with E-state index in [1.54, 1.807) is 0 Å². The third-order valence-corrected chi connectivity index (χ3v) is 1.72. The van der Waals surface area contributed by atoms with Crippen LogP contribution in [0.5, 0.6) is 6.01 Å². The van der Waals surface area contributed by atoms with Crippen molar-refractivity contribution in [2.45, 2.75) is 6.42 Å². The third kappa shape index (κ3) is 4.16. The van der Waals surface area contributed by atoms with Crippen molar-refractivity contribution in [2.24, 2.45) is 5.11 Å². The molecule has 0 amide bonds. The van der Waals surface area contributed by atoms with E-state index in [1.807, 2.05) is 0 Å². The molecular weight excluding hydrogens is 234 g/mol. The summed E-state index contributed by atoms with van der Waals surface area (Å²) in [5.74, 6) is 0.331. The molecular formula is C7H10ClN7O. The van der Waals surface area contributed by atoms with Gasteiger partial charge >= 0.3 is 6.01 Å². The van der Waals surface area contributed by atoms with Gasteiger partial charge in [0.25, 0.3) is 0 Å². The Morgan fingerprint density at radius 1 is 1.50 bits per heavy atom. The number of halogens is 1. The maximum atomic E-state index is 8.06. The van der Waals surface area contributed by atoms with Crippen LogP contribution in [0.2, 0.25) is 5.28 Å². The van der Waals surface area contributed by atoms with Crippen molar-refractivity contribution in [3.05, 3.63) is 15.7 Å². The fraction of sp³-hybridized carbons (Fsp3) is 0.571. The first-order valence-corrected chi connectivity index (χ1v) is 4.84. The van der Waals surface area contributed by atoms with Gasteiger partial charge in [0.05, 0.1) is 7.11 Å². The number of methoxy groups -OCH3 is 1. The fourth-order valence-corrected chi connectivity index (χ4v) is 1.05. The van der Waals surface area contributed by atoms with Crippen LogP contribution in [0.4, 0.5) is 5.95 Å². The monoisotopic (exact) mass is 243 g/mol. The van der Waals surface area contributed by atoms with Gasteiger partial charge in [-0.3, -0.25) is 0 Å². The highest BCUT2D eigenvalue weighted by Gasteiger charge is 2.03. The van der Waals surface area contributed by atoms with Gasteiger partial charge in [-0.25, -0.2) is 0 Å². The molecule has 0 atom stereocenters. The van der Waals surface area contributed by atoms with E-state index >= 15 is 0 Å². The number of ether oxygens (including phenoxy) is 1. The minimum atomic E-state index is 0.0596.